The molecule has 0 bridgehead atoms. The normalized spacial score (nSPS) is 14.4. The molecule has 2 rings (SSSR count). The van der Waals surface area contributed by atoms with Gasteiger partial charge in [0.2, 0.25) is 5.91 Å². The van der Waals surface area contributed by atoms with Gasteiger partial charge in [0.15, 0.2) is 0 Å². The minimum Gasteiger partial charge on any atom is -0.494 e. The Morgan fingerprint density at radius 3 is 2.52 bits per heavy atom. The van der Waals surface area contributed by atoms with Crippen molar-refractivity contribution in [2.75, 3.05) is 32.8 Å². The molecule has 1 amide bonds. The number of carbonyl (C=O) groups excluding carboxylic acids is 1. The van der Waals surface area contributed by atoms with Crippen molar-refractivity contribution in [2.45, 2.75) is 19.3 Å². The van der Waals surface area contributed by atoms with Crippen molar-refractivity contribution in [1.82, 2.24) is 10.2 Å². The summed E-state index contributed by atoms with van der Waals surface area (Å²) in [5.74, 6) is 1.15. The number of piperazine rings is 1. The van der Waals surface area contributed by atoms with Crippen LogP contribution in [0.15, 0.2) is 28.7 Å². The van der Waals surface area contributed by atoms with Gasteiger partial charge in [0.1, 0.15) is 5.75 Å². The highest BCUT2D eigenvalue weighted by Gasteiger charge is 2.15. The Kier molecular flexibility index (Phi) is 8.73. The molecule has 1 saturated heterocycles. The number of hydrogen-bond donors (Lipinski definition) is 1. The summed E-state index contributed by atoms with van der Waals surface area (Å²) in [5, 5.41) is 3.25. The van der Waals surface area contributed by atoms with E-state index in [0.717, 1.165) is 49.2 Å². The first-order valence-electron chi connectivity index (χ1n) is 7.12. The lowest BCUT2D eigenvalue weighted by Gasteiger charge is -2.27. The number of carbonyl (C=O) groups is 1. The van der Waals surface area contributed by atoms with E-state index in [1.54, 1.807) is 0 Å². The number of halogens is 2. The SMILES string of the molecule is Cl.O=C(CCCCOc1ccc(Br)cc1)N1CCNCC1. The van der Waals surface area contributed by atoms with Crippen LogP contribution >= 0.6 is 28.3 Å². The molecule has 0 saturated carbocycles. The van der Waals surface area contributed by atoms with Gasteiger partial charge in [-0.1, -0.05) is 15.9 Å². The summed E-state index contributed by atoms with van der Waals surface area (Å²) < 4.78 is 6.68. The standard InChI is InChI=1S/C15H21BrN2O2.ClH/c16-13-4-6-14(7-5-13)20-12-2-1-3-15(19)18-10-8-17-9-11-18;/h4-7,17H,1-3,8-12H2;1H. The summed E-state index contributed by atoms with van der Waals surface area (Å²) in [5.41, 5.74) is 0. The van der Waals surface area contributed by atoms with E-state index in [2.05, 4.69) is 21.2 Å². The van der Waals surface area contributed by atoms with E-state index in [1.165, 1.54) is 0 Å². The maximum atomic E-state index is 11.9. The van der Waals surface area contributed by atoms with Crippen LogP contribution in [0.1, 0.15) is 19.3 Å². The second kappa shape index (κ2) is 10.0. The Hall–Kier alpha value is -0.780. The molecule has 0 spiro atoms. The summed E-state index contributed by atoms with van der Waals surface area (Å²) in [6.07, 6.45) is 2.43. The third kappa shape index (κ3) is 6.68. The molecule has 1 heterocycles. The van der Waals surface area contributed by atoms with Gasteiger partial charge < -0.3 is 15.0 Å². The summed E-state index contributed by atoms with van der Waals surface area (Å²) in [6.45, 7) is 4.18. The minimum atomic E-state index is 0. The summed E-state index contributed by atoms with van der Waals surface area (Å²) in [6, 6.07) is 7.80. The van der Waals surface area contributed by atoms with E-state index in [1.807, 2.05) is 29.2 Å². The molecule has 0 aromatic heterocycles. The number of hydrogen-bond acceptors (Lipinski definition) is 3. The van der Waals surface area contributed by atoms with E-state index in [9.17, 15) is 4.79 Å². The monoisotopic (exact) mass is 376 g/mol. The minimum absolute atomic E-state index is 0. The highest BCUT2D eigenvalue weighted by molar-refractivity contribution is 9.10. The molecule has 1 aromatic carbocycles. The van der Waals surface area contributed by atoms with Crippen LogP contribution < -0.4 is 10.1 Å². The second-order valence-electron chi connectivity index (χ2n) is 4.89. The van der Waals surface area contributed by atoms with Crippen LogP contribution in [0.25, 0.3) is 0 Å². The number of benzene rings is 1. The zero-order valence-electron chi connectivity index (χ0n) is 12.0. The van der Waals surface area contributed by atoms with Crippen molar-refractivity contribution < 1.29 is 9.53 Å². The molecule has 21 heavy (non-hydrogen) atoms. The molecule has 1 aliphatic heterocycles. The second-order valence-corrected chi connectivity index (χ2v) is 5.81. The number of ether oxygens (including phenoxy) is 1. The van der Waals surface area contributed by atoms with Crippen LogP contribution in [-0.2, 0) is 4.79 Å². The van der Waals surface area contributed by atoms with E-state index < -0.39 is 0 Å². The fourth-order valence-electron chi connectivity index (χ4n) is 2.17. The lowest BCUT2D eigenvalue weighted by molar-refractivity contribution is -0.131. The van der Waals surface area contributed by atoms with Gasteiger partial charge in [0.25, 0.3) is 0 Å². The van der Waals surface area contributed by atoms with Crippen molar-refractivity contribution in [1.29, 1.82) is 0 Å². The molecular weight excluding hydrogens is 356 g/mol. The summed E-state index contributed by atoms with van der Waals surface area (Å²) in [4.78, 5) is 13.9. The highest BCUT2D eigenvalue weighted by atomic mass is 79.9. The van der Waals surface area contributed by atoms with Gasteiger partial charge >= 0.3 is 0 Å². The average molecular weight is 378 g/mol. The largest absolute Gasteiger partial charge is 0.494 e. The van der Waals surface area contributed by atoms with Gasteiger partial charge in [-0.3, -0.25) is 4.79 Å². The molecular formula is C15H22BrClN2O2. The highest BCUT2D eigenvalue weighted by Crippen LogP contribution is 2.16. The summed E-state index contributed by atoms with van der Waals surface area (Å²) in [7, 11) is 0. The van der Waals surface area contributed by atoms with Crippen LogP contribution in [0.2, 0.25) is 0 Å². The number of rotatable bonds is 6. The maximum Gasteiger partial charge on any atom is 0.222 e. The quantitative estimate of drug-likeness (QED) is 0.775. The Morgan fingerprint density at radius 2 is 1.86 bits per heavy atom. The van der Waals surface area contributed by atoms with Gasteiger partial charge in [0.05, 0.1) is 6.61 Å². The average Bonchev–Trinajstić information content (AvgIpc) is 2.49. The Bertz CT molecular complexity index is 422. The lowest BCUT2D eigenvalue weighted by Crippen LogP contribution is -2.46. The lowest BCUT2D eigenvalue weighted by atomic mass is 10.2. The summed E-state index contributed by atoms with van der Waals surface area (Å²) >= 11 is 3.39. The first kappa shape index (κ1) is 18.3. The van der Waals surface area contributed by atoms with Crippen LogP contribution in [0.4, 0.5) is 0 Å². The van der Waals surface area contributed by atoms with Crippen LogP contribution in [-0.4, -0.2) is 43.6 Å². The van der Waals surface area contributed by atoms with Gasteiger partial charge in [0, 0.05) is 37.1 Å². The molecule has 6 heteroatoms. The first-order valence-corrected chi connectivity index (χ1v) is 7.92. The van der Waals surface area contributed by atoms with Gasteiger partial charge in [-0.25, -0.2) is 0 Å². The van der Waals surface area contributed by atoms with Crippen molar-refractivity contribution in [3.8, 4) is 5.75 Å². The molecule has 1 aromatic rings. The molecule has 4 nitrogen and oxygen atoms in total. The van der Waals surface area contributed by atoms with E-state index in [-0.39, 0.29) is 18.3 Å². The predicted molar refractivity (Wildman–Crippen MR) is 90.2 cm³/mol. The van der Waals surface area contributed by atoms with Gasteiger partial charge in [-0.2, -0.15) is 0 Å². The van der Waals surface area contributed by atoms with Crippen molar-refractivity contribution >= 4 is 34.2 Å². The third-order valence-electron chi connectivity index (χ3n) is 3.34. The zero-order chi connectivity index (χ0) is 14.2. The Morgan fingerprint density at radius 1 is 1.19 bits per heavy atom. The number of unbranched alkanes of at least 4 members (excludes halogenated alkanes) is 1. The van der Waals surface area contributed by atoms with Gasteiger partial charge in [-0.15, -0.1) is 12.4 Å². The predicted octanol–water partition coefficient (Wildman–Crippen LogP) is 2.85. The smallest absolute Gasteiger partial charge is 0.222 e. The molecule has 118 valence electrons. The van der Waals surface area contributed by atoms with E-state index in [0.29, 0.717) is 13.0 Å². The molecule has 1 aliphatic rings. The molecule has 0 unspecified atom stereocenters. The molecule has 1 N–H and O–H groups in total. The third-order valence-corrected chi connectivity index (χ3v) is 3.87. The fourth-order valence-corrected chi connectivity index (χ4v) is 2.44. The van der Waals surface area contributed by atoms with Gasteiger partial charge in [-0.05, 0) is 37.1 Å². The Balaban J connectivity index is 0.00000220. The molecule has 0 radical (unpaired) electrons. The van der Waals surface area contributed by atoms with Crippen LogP contribution in [0.3, 0.4) is 0 Å². The molecule has 0 atom stereocenters. The van der Waals surface area contributed by atoms with E-state index >= 15 is 0 Å². The van der Waals surface area contributed by atoms with Crippen molar-refractivity contribution in [3.05, 3.63) is 28.7 Å². The van der Waals surface area contributed by atoms with Crippen LogP contribution in [0, 0.1) is 0 Å². The maximum absolute atomic E-state index is 11.9. The Labute approximate surface area is 140 Å². The first-order chi connectivity index (χ1) is 9.75. The van der Waals surface area contributed by atoms with Crippen molar-refractivity contribution in [3.63, 3.8) is 0 Å². The fraction of sp³-hybridized carbons (Fsp3) is 0.533. The van der Waals surface area contributed by atoms with Crippen LogP contribution in [0.5, 0.6) is 5.75 Å². The topological polar surface area (TPSA) is 41.6 Å². The zero-order valence-corrected chi connectivity index (χ0v) is 14.4. The number of nitrogens with one attached hydrogen (secondary N) is 1. The molecule has 1 fully saturated rings. The number of nitrogens with zero attached hydrogens (tertiary/aromatic N) is 1. The van der Waals surface area contributed by atoms with E-state index in [4.69, 9.17) is 4.74 Å². The number of amides is 1. The van der Waals surface area contributed by atoms with Crippen molar-refractivity contribution in [2.24, 2.45) is 0 Å². The molecule has 0 aliphatic carbocycles.